The van der Waals surface area contributed by atoms with Crippen LogP contribution in [0.25, 0.3) is 0 Å². The molecule has 0 bridgehead atoms. The lowest BCUT2D eigenvalue weighted by Gasteiger charge is -2.37. The Balaban J connectivity index is 2.50. The van der Waals surface area contributed by atoms with Crippen molar-refractivity contribution in [2.45, 2.75) is 59.5 Å². The van der Waals surface area contributed by atoms with E-state index in [1.165, 1.54) is 25.9 Å². The van der Waals surface area contributed by atoms with Gasteiger partial charge < -0.3 is 5.32 Å². The number of rotatable bonds is 2. The highest BCUT2D eigenvalue weighted by Crippen LogP contribution is 2.24. The third kappa shape index (κ3) is 3.76. The lowest BCUT2D eigenvalue weighted by molar-refractivity contribution is 0.119. The lowest BCUT2D eigenvalue weighted by Crippen LogP contribution is -2.43. The molecule has 2 nitrogen and oxygen atoms in total. The summed E-state index contributed by atoms with van der Waals surface area (Å²) in [6, 6.07) is 1.41. The molecular weight excluding hydrogens is 184 g/mol. The van der Waals surface area contributed by atoms with Crippen LogP contribution in [0.5, 0.6) is 0 Å². The highest BCUT2D eigenvalue weighted by molar-refractivity contribution is 4.83. The van der Waals surface area contributed by atoms with E-state index in [2.05, 4.69) is 44.8 Å². The zero-order valence-electron chi connectivity index (χ0n) is 11.1. The molecule has 1 aliphatic rings. The summed E-state index contributed by atoms with van der Waals surface area (Å²) in [5, 5.41) is 3.63. The average molecular weight is 212 g/mol. The van der Waals surface area contributed by atoms with Crippen molar-refractivity contribution in [2.24, 2.45) is 5.41 Å². The summed E-state index contributed by atoms with van der Waals surface area (Å²) in [7, 11) is 0. The molecule has 0 aliphatic carbocycles. The van der Waals surface area contributed by atoms with Crippen molar-refractivity contribution >= 4 is 0 Å². The van der Waals surface area contributed by atoms with E-state index in [-0.39, 0.29) is 0 Å². The summed E-state index contributed by atoms with van der Waals surface area (Å²) in [5.41, 5.74) is 0.395. The molecular formula is C13H28N2. The SMILES string of the molecule is CCC1CCN(C(C)C(C)(C)C)CCN1. The van der Waals surface area contributed by atoms with Gasteiger partial charge in [0.05, 0.1) is 0 Å². The van der Waals surface area contributed by atoms with Crippen LogP contribution in [-0.4, -0.2) is 36.6 Å². The molecule has 0 spiro atoms. The Morgan fingerprint density at radius 3 is 2.53 bits per heavy atom. The third-order valence-corrected chi connectivity index (χ3v) is 3.89. The molecule has 2 unspecified atom stereocenters. The fourth-order valence-corrected chi connectivity index (χ4v) is 2.23. The van der Waals surface area contributed by atoms with Crippen molar-refractivity contribution in [1.82, 2.24) is 10.2 Å². The molecule has 90 valence electrons. The van der Waals surface area contributed by atoms with Gasteiger partial charge in [0.1, 0.15) is 0 Å². The summed E-state index contributed by atoms with van der Waals surface area (Å²) < 4.78 is 0. The Morgan fingerprint density at radius 2 is 2.00 bits per heavy atom. The second kappa shape index (κ2) is 5.31. The van der Waals surface area contributed by atoms with E-state index in [4.69, 9.17) is 0 Å². The van der Waals surface area contributed by atoms with Crippen LogP contribution in [0.15, 0.2) is 0 Å². The monoisotopic (exact) mass is 212 g/mol. The van der Waals surface area contributed by atoms with Crippen LogP contribution in [0.4, 0.5) is 0 Å². The largest absolute Gasteiger partial charge is 0.313 e. The van der Waals surface area contributed by atoms with Crippen molar-refractivity contribution in [3.05, 3.63) is 0 Å². The topological polar surface area (TPSA) is 15.3 Å². The molecule has 0 aromatic heterocycles. The zero-order valence-corrected chi connectivity index (χ0v) is 11.1. The molecule has 1 fully saturated rings. The molecule has 2 atom stereocenters. The summed E-state index contributed by atoms with van der Waals surface area (Å²) in [6.07, 6.45) is 2.56. The van der Waals surface area contributed by atoms with Crippen molar-refractivity contribution in [3.8, 4) is 0 Å². The predicted molar refractivity (Wildman–Crippen MR) is 67.2 cm³/mol. The first-order valence-electron chi connectivity index (χ1n) is 6.42. The summed E-state index contributed by atoms with van der Waals surface area (Å²) in [5.74, 6) is 0. The van der Waals surface area contributed by atoms with E-state index in [0.29, 0.717) is 11.5 Å². The quantitative estimate of drug-likeness (QED) is 0.756. The Labute approximate surface area is 95.4 Å². The van der Waals surface area contributed by atoms with E-state index >= 15 is 0 Å². The standard InChI is InChI=1S/C13H28N2/c1-6-12-7-9-15(10-8-14-12)11(2)13(3,4)5/h11-12,14H,6-10H2,1-5H3. The molecule has 1 rings (SSSR count). The maximum Gasteiger partial charge on any atom is 0.0116 e. The molecule has 1 saturated heterocycles. The van der Waals surface area contributed by atoms with Crippen LogP contribution >= 0.6 is 0 Å². The predicted octanol–water partition coefficient (Wildman–Crippen LogP) is 2.49. The first kappa shape index (κ1) is 13.0. The highest BCUT2D eigenvalue weighted by atomic mass is 15.2. The molecule has 15 heavy (non-hydrogen) atoms. The van der Waals surface area contributed by atoms with Gasteiger partial charge in [0, 0.05) is 25.2 Å². The Kier molecular flexibility index (Phi) is 4.60. The number of hydrogen-bond donors (Lipinski definition) is 1. The molecule has 1 aliphatic heterocycles. The van der Waals surface area contributed by atoms with Crippen LogP contribution in [0, 0.1) is 5.41 Å². The minimum absolute atomic E-state index is 0.395. The molecule has 0 aromatic rings. The van der Waals surface area contributed by atoms with Gasteiger partial charge in [0.15, 0.2) is 0 Å². The number of nitrogens with zero attached hydrogens (tertiary/aromatic N) is 1. The van der Waals surface area contributed by atoms with Gasteiger partial charge in [-0.05, 0) is 31.7 Å². The van der Waals surface area contributed by atoms with E-state index < -0.39 is 0 Å². The summed E-state index contributed by atoms with van der Waals surface area (Å²) in [6.45, 7) is 15.3. The van der Waals surface area contributed by atoms with Gasteiger partial charge >= 0.3 is 0 Å². The van der Waals surface area contributed by atoms with Gasteiger partial charge in [0.25, 0.3) is 0 Å². The molecule has 0 amide bonds. The fraction of sp³-hybridized carbons (Fsp3) is 1.00. The van der Waals surface area contributed by atoms with E-state index in [9.17, 15) is 0 Å². The van der Waals surface area contributed by atoms with Crippen LogP contribution < -0.4 is 5.32 Å². The first-order chi connectivity index (χ1) is 6.95. The number of hydrogen-bond acceptors (Lipinski definition) is 2. The number of nitrogens with one attached hydrogen (secondary N) is 1. The van der Waals surface area contributed by atoms with Crippen molar-refractivity contribution < 1.29 is 0 Å². The van der Waals surface area contributed by atoms with Crippen molar-refractivity contribution in [2.75, 3.05) is 19.6 Å². The molecule has 1 heterocycles. The Bertz CT molecular complexity index is 183. The molecule has 0 saturated carbocycles. The summed E-state index contributed by atoms with van der Waals surface area (Å²) in [4.78, 5) is 2.64. The minimum Gasteiger partial charge on any atom is -0.313 e. The molecule has 0 radical (unpaired) electrons. The van der Waals surface area contributed by atoms with Crippen molar-refractivity contribution in [1.29, 1.82) is 0 Å². The maximum absolute atomic E-state index is 3.63. The third-order valence-electron chi connectivity index (χ3n) is 3.89. The van der Waals surface area contributed by atoms with Gasteiger partial charge in [-0.2, -0.15) is 0 Å². The second-order valence-corrected chi connectivity index (χ2v) is 5.93. The fourth-order valence-electron chi connectivity index (χ4n) is 2.23. The minimum atomic E-state index is 0.395. The van der Waals surface area contributed by atoms with Crippen molar-refractivity contribution in [3.63, 3.8) is 0 Å². The average Bonchev–Trinajstić information content (AvgIpc) is 2.39. The maximum atomic E-state index is 3.63. The zero-order chi connectivity index (χ0) is 11.5. The van der Waals surface area contributed by atoms with E-state index in [1.807, 2.05) is 0 Å². The Morgan fingerprint density at radius 1 is 1.33 bits per heavy atom. The molecule has 1 N–H and O–H groups in total. The molecule has 0 aromatic carbocycles. The van der Waals surface area contributed by atoms with Gasteiger partial charge in [0.2, 0.25) is 0 Å². The van der Waals surface area contributed by atoms with E-state index in [0.717, 1.165) is 12.6 Å². The lowest BCUT2D eigenvalue weighted by atomic mass is 9.87. The summed E-state index contributed by atoms with van der Waals surface area (Å²) >= 11 is 0. The van der Waals surface area contributed by atoms with E-state index in [1.54, 1.807) is 0 Å². The van der Waals surface area contributed by atoms with Crippen LogP contribution in [0.2, 0.25) is 0 Å². The first-order valence-corrected chi connectivity index (χ1v) is 6.42. The van der Waals surface area contributed by atoms with Gasteiger partial charge in [-0.3, -0.25) is 4.90 Å². The normalized spacial score (nSPS) is 27.4. The van der Waals surface area contributed by atoms with Gasteiger partial charge in [-0.25, -0.2) is 0 Å². The highest BCUT2D eigenvalue weighted by Gasteiger charge is 2.27. The second-order valence-electron chi connectivity index (χ2n) is 5.93. The van der Waals surface area contributed by atoms with Crippen LogP contribution in [0.1, 0.15) is 47.5 Å². The Hall–Kier alpha value is -0.0800. The molecule has 2 heteroatoms. The smallest absolute Gasteiger partial charge is 0.0116 e. The van der Waals surface area contributed by atoms with Gasteiger partial charge in [-0.1, -0.05) is 27.7 Å². The van der Waals surface area contributed by atoms with Crippen LogP contribution in [-0.2, 0) is 0 Å². The van der Waals surface area contributed by atoms with Crippen LogP contribution in [0.3, 0.4) is 0 Å². The van der Waals surface area contributed by atoms with Gasteiger partial charge in [-0.15, -0.1) is 0 Å².